The maximum atomic E-state index is 8.62. The molecule has 0 saturated carbocycles. The molecule has 0 aliphatic rings. The summed E-state index contributed by atoms with van der Waals surface area (Å²) in [5.41, 5.74) is 3.39. The topological polar surface area (TPSA) is 66.0 Å². The summed E-state index contributed by atoms with van der Waals surface area (Å²) < 4.78 is 1.80. The number of nitriles is 1. The van der Waals surface area contributed by atoms with Gasteiger partial charge in [0.1, 0.15) is 0 Å². The molecule has 0 amide bonds. The number of thioether (sulfide) groups is 1. The molecule has 2 rings (SSSR count). The summed E-state index contributed by atoms with van der Waals surface area (Å²) in [5, 5.41) is 16.8. The first-order valence-electron chi connectivity index (χ1n) is 6.16. The van der Waals surface area contributed by atoms with Crippen LogP contribution in [0.25, 0.3) is 5.69 Å². The molecule has 0 unspecified atom stereocenters. The standard InChI is InChI=1S/C14H14ClN5S/c1-9-13(15)10(2)20(19-9)12-6-4-11(5-7-12)18-14(21-3)17-8-16/h4-7H,1-3H3,(H,17,18). The predicted molar refractivity (Wildman–Crippen MR) is 87.4 cm³/mol. The molecule has 108 valence electrons. The van der Waals surface area contributed by atoms with E-state index in [1.165, 1.54) is 11.8 Å². The lowest BCUT2D eigenvalue weighted by Gasteiger charge is -2.05. The lowest BCUT2D eigenvalue weighted by Crippen LogP contribution is -2.12. The monoisotopic (exact) mass is 319 g/mol. The van der Waals surface area contributed by atoms with Gasteiger partial charge in [0.25, 0.3) is 0 Å². The molecule has 1 heterocycles. The van der Waals surface area contributed by atoms with E-state index in [-0.39, 0.29) is 0 Å². The highest BCUT2D eigenvalue weighted by molar-refractivity contribution is 8.13. The maximum absolute atomic E-state index is 8.62. The van der Waals surface area contributed by atoms with Crippen LogP contribution in [0.5, 0.6) is 0 Å². The van der Waals surface area contributed by atoms with Crippen LogP contribution in [0.2, 0.25) is 5.02 Å². The second-order valence-corrected chi connectivity index (χ2v) is 5.44. The molecule has 7 heteroatoms. The predicted octanol–water partition coefficient (Wildman–Crippen LogP) is 3.56. The molecule has 0 aliphatic heterocycles. The zero-order valence-corrected chi connectivity index (χ0v) is 13.5. The van der Waals surface area contributed by atoms with Gasteiger partial charge in [-0.25, -0.2) is 9.67 Å². The van der Waals surface area contributed by atoms with E-state index in [0.717, 1.165) is 22.8 Å². The maximum Gasteiger partial charge on any atom is 0.183 e. The fourth-order valence-corrected chi connectivity index (χ4v) is 2.30. The molecule has 0 atom stereocenters. The molecule has 2 aromatic rings. The van der Waals surface area contributed by atoms with Gasteiger partial charge in [-0.2, -0.15) is 10.4 Å². The summed E-state index contributed by atoms with van der Waals surface area (Å²) in [7, 11) is 0. The Morgan fingerprint density at radius 1 is 1.38 bits per heavy atom. The Bertz CT molecular complexity index is 712. The van der Waals surface area contributed by atoms with Gasteiger partial charge in [0, 0.05) is 0 Å². The van der Waals surface area contributed by atoms with Gasteiger partial charge in [-0.1, -0.05) is 23.4 Å². The van der Waals surface area contributed by atoms with Gasteiger partial charge < -0.3 is 0 Å². The number of benzene rings is 1. The van der Waals surface area contributed by atoms with Crippen LogP contribution < -0.4 is 5.32 Å². The van der Waals surface area contributed by atoms with E-state index < -0.39 is 0 Å². The Morgan fingerprint density at radius 3 is 2.52 bits per heavy atom. The van der Waals surface area contributed by atoms with Crippen LogP contribution in [-0.2, 0) is 0 Å². The third-order valence-electron chi connectivity index (χ3n) is 2.88. The van der Waals surface area contributed by atoms with Crippen LogP contribution in [0.15, 0.2) is 29.3 Å². The summed E-state index contributed by atoms with van der Waals surface area (Å²) >= 11 is 7.53. The summed E-state index contributed by atoms with van der Waals surface area (Å²) in [4.78, 5) is 4.34. The average Bonchev–Trinajstić information content (AvgIpc) is 2.75. The molecule has 0 aliphatic carbocycles. The Morgan fingerprint density at radius 2 is 2.05 bits per heavy atom. The third-order valence-corrected chi connectivity index (χ3v) is 4.01. The van der Waals surface area contributed by atoms with E-state index in [9.17, 15) is 0 Å². The van der Waals surface area contributed by atoms with Crippen molar-refractivity contribution >= 4 is 34.2 Å². The van der Waals surface area contributed by atoms with Crippen molar-refractivity contribution in [3.8, 4) is 11.9 Å². The Hall–Kier alpha value is -1.97. The molecular formula is C14H14ClN5S. The van der Waals surface area contributed by atoms with Crippen molar-refractivity contribution < 1.29 is 0 Å². The summed E-state index contributed by atoms with van der Waals surface area (Å²) in [6, 6.07) is 7.57. The van der Waals surface area contributed by atoms with Crippen LogP contribution in [-0.4, -0.2) is 21.2 Å². The number of nitrogens with zero attached hydrogens (tertiary/aromatic N) is 4. The number of aromatic nitrogens is 2. The highest BCUT2D eigenvalue weighted by Gasteiger charge is 2.10. The van der Waals surface area contributed by atoms with Gasteiger partial charge in [-0.3, -0.25) is 5.32 Å². The van der Waals surface area contributed by atoms with Gasteiger partial charge in [-0.15, -0.1) is 0 Å². The molecule has 21 heavy (non-hydrogen) atoms. The quantitative estimate of drug-likeness (QED) is 0.398. The molecule has 0 radical (unpaired) electrons. The Labute approximate surface area is 132 Å². The summed E-state index contributed by atoms with van der Waals surface area (Å²) in [6.45, 7) is 3.81. The molecule has 0 fully saturated rings. The molecule has 5 nitrogen and oxygen atoms in total. The fraction of sp³-hybridized carbons (Fsp3) is 0.214. The van der Waals surface area contributed by atoms with Crippen molar-refractivity contribution in [2.45, 2.75) is 13.8 Å². The van der Waals surface area contributed by atoms with Crippen LogP contribution in [0, 0.1) is 25.3 Å². The molecular weight excluding hydrogens is 306 g/mol. The number of aliphatic imine (C=N–C) groups is 1. The van der Waals surface area contributed by atoms with E-state index in [2.05, 4.69) is 15.4 Å². The first kappa shape index (κ1) is 15.4. The zero-order valence-electron chi connectivity index (χ0n) is 11.9. The Kier molecular flexibility index (Phi) is 4.89. The van der Waals surface area contributed by atoms with Crippen molar-refractivity contribution in [1.82, 2.24) is 15.1 Å². The van der Waals surface area contributed by atoms with E-state index in [0.29, 0.717) is 10.2 Å². The normalized spacial score (nSPS) is 11.3. The zero-order chi connectivity index (χ0) is 15.4. The van der Waals surface area contributed by atoms with Gasteiger partial charge in [0.05, 0.1) is 27.8 Å². The van der Waals surface area contributed by atoms with Gasteiger partial charge in [0.2, 0.25) is 0 Å². The van der Waals surface area contributed by atoms with E-state index in [4.69, 9.17) is 16.9 Å². The van der Waals surface area contributed by atoms with Crippen LogP contribution in [0.4, 0.5) is 5.69 Å². The first-order valence-corrected chi connectivity index (χ1v) is 7.77. The van der Waals surface area contributed by atoms with Gasteiger partial charge >= 0.3 is 0 Å². The second kappa shape index (κ2) is 6.66. The van der Waals surface area contributed by atoms with E-state index in [1.807, 2.05) is 50.6 Å². The third kappa shape index (κ3) is 3.38. The summed E-state index contributed by atoms with van der Waals surface area (Å²) in [6.07, 6.45) is 3.72. The fourth-order valence-electron chi connectivity index (χ4n) is 1.83. The van der Waals surface area contributed by atoms with Crippen LogP contribution in [0.3, 0.4) is 0 Å². The molecule has 0 bridgehead atoms. The average molecular weight is 320 g/mol. The largest absolute Gasteiger partial charge is 0.271 e. The summed E-state index contributed by atoms with van der Waals surface area (Å²) in [5.74, 6) is 0. The molecule has 1 aromatic carbocycles. The number of nitrogens with one attached hydrogen (secondary N) is 1. The number of hydrogen-bond donors (Lipinski definition) is 1. The highest BCUT2D eigenvalue weighted by Crippen LogP contribution is 2.23. The number of aryl methyl sites for hydroxylation is 1. The van der Waals surface area contributed by atoms with E-state index in [1.54, 1.807) is 4.68 Å². The molecule has 1 N–H and O–H groups in total. The highest BCUT2D eigenvalue weighted by atomic mass is 35.5. The minimum absolute atomic E-state index is 0.555. The number of rotatable bonds is 2. The lowest BCUT2D eigenvalue weighted by molar-refractivity contribution is 0.834. The minimum atomic E-state index is 0.555. The van der Waals surface area contributed by atoms with Crippen molar-refractivity contribution in [3.63, 3.8) is 0 Å². The number of amidine groups is 1. The van der Waals surface area contributed by atoms with Crippen molar-refractivity contribution in [2.24, 2.45) is 4.99 Å². The Balaban J connectivity index is 2.31. The number of hydrogen-bond acceptors (Lipinski definition) is 4. The van der Waals surface area contributed by atoms with Gasteiger partial charge in [0.15, 0.2) is 11.4 Å². The minimum Gasteiger partial charge on any atom is -0.271 e. The molecule has 0 saturated heterocycles. The van der Waals surface area contributed by atoms with Crippen molar-refractivity contribution in [2.75, 3.05) is 6.26 Å². The van der Waals surface area contributed by atoms with E-state index >= 15 is 0 Å². The first-order chi connectivity index (χ1) is 10.1. The molecule has 0 spiro atoms. The second-order valence-electron chi connectivity index (χ2n) is 4.27. The number of halogens is 1. The molecule has 1 aromatic heterocycles. The smallest absolute Gasteiger partial charge is 0.183 e. The van der Waals surface area contributed by atoms with Crippen LogP contribution in [0.1, 0.15) is 11.4 Å². The van der Waals surface area contributed by atoms with Crippen molar-refractivity contribution in [1.29, 1.82) is 5.26 Å². The van der Waals surface area contributed by atoms with Gasteiger partial charge in [-0.05, 0) is 44.4 Å². The van der Waals surface area contributed by atoms with Crippen LogP contribution >= 0.6 is 23.4 Å². The SMILES string of the molecule is CSC(=Nc1ccc(-n2nc(C)c(Cl)c2C)cc1)NC#N. The van der Waals surface area contributed by atoms with Crippen molar-refractivity contribution in [3.05, 3.63) is 40.7 Å². The lowest BCUT2D eigenvalue weighted by atomic mass is 10.3.